The molecule has 0 saturated heterocycles. The number of halogens is 1. The maximum absolute atomic E-state index is 12.7. The van der Waals surface area contributed by atoms with Crippen molar-refractivity contribution in [2.24, 2.45) is 5.73 Å². The molecule has 0 radical (unpaired) electrons. The maximum Gasteiger partial charge on any atom is 0.244 e. The predicted octanol–water partition coefficient (Wildman–Crippen LogP) is 2.42. The third-order valence-electron chi connectivity index (χ3n) is 4.15. The van der Waals surface area contributed by atoms with E-state index in [9.17, 15) is 8.42 Å². The molecule has 7 heteroatoms. The van der Waals surface area contributed by atoms with Crippen molar-refractivity contribution >= 4 is 21.6 Å². The summed E-state index contributed by atoms with van der Waals surface area (Å²) in [6.45, 7) is 2.15. The van der Waals surface area contributed by atoms with Crippen LogP contribution >= 0.6 is 11.6 Å². The number of hydrogen-bond acceptors (Lipinski definition) is 4. The highest BCUT2D eigenvalue weighted by Gasteiger charge is 2.40. The highest BCUT2D eigenvalue weighted by atomic mass is 35.5. The molecule has 1 aliphatic carbocycles. The average Bonchev–Trinajstić information content (AvgIpc) is 2.41. The Bertz CT molecular complexity index is 622. The second-order valence-electron chi connectivity index (χ2n) is 5.39. The minimum atomic E-state index is -3.70. The smallest absolute Gasteiger partial charge is 0.244 e. The lowest BCUT2D eigenvalue weighted by Gasteiger charge is -2.41. The summed E-state index contributed by atoms with van der Waals surface area (Å²) < 4.78 is 33.5. The summed E-state index contributed by atoms with van der Waals surface area (Å²) in [6.07, 6.45) is 3.51. The van der Waals surface area contributed by atoms with Gasteiger partial charge in [0.05, 0.1) is 7.11 Å². The quantitative estimate of drug-likeness (QED) is 0.838. The van der Waals surface area contributed by atoms with Gasteiger partial charge in [0.15, 0.2) is 0 Å². The molecule has 0 amide bonds. The fraction of sp³-hybridized carbons (Fsp3) is 0.571. The molecule has 0 heterocycles. The molecule has 0 aromatic heterocycles. The third-order valence-corrected chi connectivity index (χ3v) is 5.95. The van der Waals surface area contributed by atoms with Gasteiger partial charge in [0.2, 0.25) is 10.0 Å². The molecular formula is C14H21ClN2O3S. The Hall–Kier alpha value is -0.820. The molecule has 0 unspecified atom stereocenters. The first-order chi connectivity index (χ1) is 9.87. The summed E-state index contributed by atoms with van der Waals surface area (Å²) in [6, 6.07) is 3.03. The van der Waals surface area contributed by atoms with Crippen LogP contribution in [-0.4, -0.2) is 21.1 Å². The van der Waals surface area contributed by atoms with Gasteiger partial charge in [-0.2, -0.15) is 0 Å². The van der Waals surface area contributed by atoms with Crippen LogP contribution in [-0.2, 0) is 16.6 Å². The number of ether oxygens (including phenoxy) is 1. The van der Waals surface area contributed by atoms with Gasteiger partial charge in [0.1, 0.15) is 10.6 Å². The SMILES string of the molecule is CCC1(NS(=O)(=O)c2cc(Cl)cc(CN)c2OC)CCC1. The summed E-state index contributed by atoms with van der Waals surface area (Å²) >= 11 is 6.01. The van der Waals surface area contributed by atoms with Gasteiger partial charge in [-0.05, 0) is 37.8 Å². The van der Waals surface area contributed by atoms with Crippen molar-refractivity contribution in [1.82, 2.24) is 4.72 Å². The Balaban J connectivity index is 2.46. The van der Waals surface area contributed by atoms with E-state index in [0.717, 1.165) is 25.7 Å². The van der Waals surface area contributed by atoms with Gasteiger partial charge < -0.3 is 10.5 Å². The van der Waals surface area contributed by atoms with E-state index in [-0.39, 0.29) is 22.7 Å². The van der Waals surface area contributed by atoms with Gasteiger partial charge in [0.25, 0.3) is 0 Å². The van der Waals surface area contributed by atoms with Crippen molar-refractivity contribution in [3.63, 3.8) is 0 Å². The first-order valence-corrected chi connectivity index (χ1v) is 8.84. The largest absolute Gasteiger partial charge is 0.495 e. The monoisotopic (exact) mass is 332 g/mol. The Morgan fingerprint density at radius 1 is 1.43 bits per heavy atom. The molecule has 0 atom stereocenters. The van der Waals surface area contributed by atoms with Gasteiger partial charge >= 0.3 is 0 Å². The van der Waals surface area contributed by atoms with E-state index in [1.54, 1.807) is 6.07 Å². The van der Waals surface area contributed by atoms with Crippen LogP contribution < -0.4 is 15.2 Å². The van der Waals surface area contributed by atoms with Crippen LogP contribution in [0.1, 0.15) is 38.2 Å². The molecule has 0 spiro atoms. The predicted molar refractivity (Wildman–Crippen MR) is 83.1 cm³/mol. The van der Waals surface area contributed by atoms with E-state index >= 15 is 0 Å². The van der Waals surface area contributed by atoms with E-state index < -0.39 is 10.0 Å². The number of methoxy groups -OCH3 is 1. The van der Waals surface area contributed by atoms with Crippen molar-refractivity contribution < 1.29 is 13.2 Å². The Labute approximate surface area is 130 Å². The van der Waals surface area contributed by atoms with Crippen molar-refractivity contribution in [3.8, 4) is 5.75 Å². The Morgan fingerprint density at radius 2 is 2.10 bits per heavy atom. The number of hydrogen-bond donors (Lipinski definition) is 2. The van der Waals surface area contributed by atoms with Gasteiger partial charge in [-0.1, -0.05) is 18.5 Å². The van der Waals surface area contributed by atoms with E-state index in [1.165, 1.54) is 13.2 Å². The van der Waals surface area contributed by atoms with Crippen LogP contribution in [0.15, 0.2) is 17.0 Å². The second-order valence-corrected chi connectivity index (χ2v) is 7.48. The van der Waals surface area contributed by atoms with Crippen molar-refractivity contribution in [3.05, 3.63) is 22.7 Å². The van der Waals surface area contributed by atoms with Gasteiger partial charge in [-0.3, -0.25) is 0 Å². The van der Waals surface area contributed by atoms with E-state index in [4.69, 9.17) is 22.1 Å². The Morgan fingerprint density at radius 3 is 2.52 bits per heavy atom. The fourth-order valence-corrected chi connectivity index (χ4v) is 4.75. The molecule has 1 aromatic rings. The molecular weight excluding hydrogens is 312 g/mol. The van der Waals surface area contributed by atoms with Gasteiger partial charge in [-0.25, -0.2) is 13.1 Å². The summed E-state index contributed by atoms with van der Waals surface area (Å²) in [4.78, 5) is 0.0534. The molecule has 0 aliphatic heterocycles. The lowest BCUT2D eigenvalue weighted by molar-refractivity contribution is 0.213. The minimum Gasteiger partial charge on any atom is -0.495 e. The maximum atomic E-state index is 12.7. The van der Waals surface area contributed by atoms with E-state index in [1.807, 2.05) is 6.92 Å². The van der Waals surface area contributed by atoms with E-state index in [0.29, 0.717) is 10.6 Å². The van der Waals surface area contributed by atoms with Crippen LogP contribution in [0, 0.1) is 0 Å². The normalized spacial score (nSPS) is 17.3. The van der Waals surface area contributed by atoms with E-state index in [2.05, 4.69) is 4.72 Å². The zero-order valence-corrected chi connectivity index (χ0v) is 13.9. The first-order valence-electron chi connectivity index (χ1n) is 6.98. The molecule has 1 aliphatic rings. The number of sulfonamides is 1. The van der Waals surface area contributed by atoms with Crippen molar-refractivity contribution in [2.45, 2.75) is 49.6 Å². The van der Waals surface area contributed by atoms with Gasteiger partial charge in [0, 0.05) is 22.7 Å². The highest BCUT2D eigenvalue weighted by molar-refractivity contribution is 7.89. The second kappa shape index (κ2) is 6.12. The highest BCUT2D eigenvalue weighted by Crippen LogP contribution is 2.38. The summed E-state index contributed by atoms with van der Waals surface area (Å²) in [5.41, 5.74) is 5.88. The standard InChI is InChI=1S/C14H21ClN2O3S/c1-3-14(5-4-6-14)17-21(18,19)12-8-11(15)7-10(9-16)13(12)20-2/h7-8,17H,3-6,9,16H2,1-2H3. The lowest BCUT2D eigenvalue weighted by atomic mass is 9.76. The summed E-state index contributed by atoms with van der Waals surface area (Å²) in [5, 5.41) is 0.329. The van der Waals surface area contributed by atoms with Crippen LogP contribution in [0.25, 0.3) is 0 Å². The number of benzene rings is 1. The average molecular weight is 333 g/mol. The number of nitrogens with one attached hydrogen (secondary N) is 1. The first kappa shape index (κ1) is 16.5. The molecule has 2 rings (SSSR count). The molecule has 3 N–H and O–H groups in total. The molecule has 118 valence electrons. The molecule has 5 nitrogen and oxygen atoms in total. The number of rotatable bonds is 6. The van der Waals surface area contributed by atoms with Crippen LogP contribution in [0.3, 0.4) is 0 Å². The minimum absolute atomic E-state index is 0.0534. The number of nitrogens with two attached hydrogens (primary N) is 1. The Kier molecular flexibility index (Phi) is 4.82. The van der Waals surface area contributed by atoms with Crippen molar-refractivity contribution in [1.29, 1.82) is 0 Å². The topological polar surface area (TPSA) is 81.4 Å². The molecule has 21 heavy (non-hydrogen) atoms. The van der Waals surface area contributed by atoms with Gasteiger partial charge in [-0.15, -0.1) is 0 Å². The zero-order valence-electron chi connectivity index (χ0n) is 12.3. The molecule has 1 fully saturated rings. The fourth-order valence-electron chi connectivity index (χ4n) is 2.68. The van der Waals surface area contributed by atoms with Crippen molar-refractivity contribution in [2.75, 3.05) is 7.11 Å². The molecule has 1 aromatic carbocycles. The van der Waals surface area contributed by atoms with Crippen LogP contribution in [0.4, 0.5) is 0 Å². The summed E-state index contributed by atoms with van der Waals surface area (Å²) in [5.74, 6) is 0.264. The lowest BCUT2D eigenvalue weighted by Crippen LogP contribution is -2.52. The molecule has 1 saturated carbocycles. The summed E-state index contributed by atoms with van der Waals surface area (Å²) in [7, 11) is -2.27. The zero-order chi connectivity index (χ0) is 15.7. The van der Waals surface area contributed by atoms with Crippen LogP contribution in [0.2, 0.25) is 5.02 Å². The molecule has 0 bridgehead atoms. The van der Waals surface area contributed by atoms with Crippen LogP contribution in [0.5, 0.6) is 5.75 Å². The third kappa shape index (κ3) is 3.18.